The van der Waals surface area contributed by atoms with Crippen LogP contribution in [0.2, 0.25) is 0 Å². The second kappa shape index (κ2) is 13.9. The number of rotatable bonds is 12. The number of carboxylic acids is 1. The number of pyridine rings is 2. The number of nitrogens with one attached hydrogen (secondary N) is 2. The largest absolute Gasteiger partial charge is 0.503 e. The number of amides is 2. The summed E-state index contributed by atoms with van der Waals surface area (Å²) in [5.41, 5.74) is 8.68. The number of nitrogens with zero attached hydrogens (tertiary/aromatic N) is 5. The number of aliphatic carboxylic acids is 1. The topological polar surface area (TPSA) is 239 Å². The molecule has 17 nitrogen and oxygen atoms in total. The van der Waals surface area contributed by atoms with E-state index in [9.17, 15) is 34.6 Å². The fourth-order valence-corrected chi connectivity index (χ4v) is 7.83. The molecule has 4 aromatic heterocycles. The van der Waals surface area contributed by atoms with E-state index in [0.717, 1.165) is 34.8 Å². The highest BCUT2D eigenvalue weighted by Gasteiger charge is 2.54. The number of β-lactam (4-membered cyclic amide) rings is 1. The first-order valence-electron chi connectivity index (χ1n) is 14.2. The lowest BCUT2D eigenvalue weighted by molar-refractivity contribution is -0.647. The Bertz CT molecular complexity index is 2060. The number of hydrogen-bond donors (Lipinski definition) is 6. The van der Waals surface area contributed by atoms with Crippen LogP contribution in [0.4, 0.5) is 5.13 Å². The molecule has 20 heteroatoms. The quantitative estimate of drug-likeness (QED) is 0.0298. The number of aromatic hydroxyl groups is 1. The van der Waals surface area contributed by atoms with Gasteiger partial charge in [0.05, 0.1) is 25.2 Å². The second-order valence-electron chi connectivity index (χ2n) is 10.4. The molecule has 2 aliphatic rings. The average Bonchev–Trinajstić information content (AvgIpc) is 3.74. The van der Waals surface area contributed by atoms with Crippen LogP contribution in [-0.4, -0.2) is 82.9 Å². The zero-order valence-corrected chi connectivity index (χ0v) is 27.8. The summed E-state index contributed by atoms with van der Waals surface area (Å²) in [5.74, 6) is -2.28. The van der Waals surface area contributed by atoms with Crippen molar-refractivity contribution in [1.29, 1.82) is 0 Å². The molecule has 0 spiro atoms. The monoisotopic (exact) mass is 727 g/mol. The third-order valence-electron chi connectivity index (χ3n) is 7.31. The van der Waals surface area contributed by atoms with Gasteiger partial charge in [0.15, 0.2) is 16.6 Å². The average molecular weight is 728 g/mol. The van der Waals surface area contributed by atoms with Gasteiger partial charge in [-0.05, 0) is 5.57 Å². The minimum absolute atomic E-state index is 0.0448. The van der Waals surface area contributed by atoms with Gasteiger partial charge in [0.1, 0.15) is 40.7 Å². The predicted octanol–water partition coefficient (Wildman–Crippen LogP) is 1.03. The Hall–Kier alpha value is -5.47. The Morgan fingerprint density at radius 3 is 2.76 bits per heavy atom. The molecule has 0 saturated carbocycles. The molecular formula is C29H27N8O9S3+. The van der Waals surface area contributed by atoms with E-state index in [1.54, 1.807) is 11.7 Å². The van der Waals surface area contributed by atoms with Gasteiger partial charge in [-0.2, -0.15) is 10.2 Å². The van der Waals surface area contributed by atoms with Gasteiger partial charge in [-0.25, -0.2) is 9.78 Å². The molecule has 0 aliphatic carbocycles. The lowest BCUT2D eigenvalue weighted by Gasteiger charge is -2.49. The van der Waals surface area contributed by atoms with E-state index in [0.29, 0.717) is 21.8 Å². The van der Waals surface area contributed by atoms with Gasteiger partial charge in [0.25, 0.3) is 11.8 Å². The van der Waals surface area contributed by atoms with Gasteiger partial charge in [0.2, 0.25) is 17.8 Å². The van der Waals surface area contributed by atoms with Crippen molar-refractivity contribution in [1.82, 2.24) is 25.1 Å². The lowest BCUT2D eigenvalue weighted by Crippen LogP contribution is -2.70. The normalized spacial score (nSPS) is 17.4. The number of aromatic nitrogens is 4. The van der Waals surface area contributed by atoms with E-state index in [2.05, 4.69) is 20.9 Å². The van der Waals surface area contributed by atoms with E-state index in [4.69, 9.17) is 15.0 Å². The highest BCUT2D eigenvalue weighted by molar-refractivity contribution is 8.01. The van der Waals surface area contributed by atoms with Crippen molar-refractivity contribution in [2.75, 3.05) is 29.7 Å². The summed E-state index contributed by atoms with van der Waals surface area (Å²) in [7, 11) is 1.78. The van der Waals surface area contributed by atoms with Crippen molar-refractivity contribution in [3.8, 4) is 17.1 Å². The number of carbonyl (C=O) groups excluding carboxylic acids is 2. The molecule has 4 aromatic rings. The van der Waals surface area contributed by atoms with Crippen LogP contribution < -0.4 is 26.6 Å². The number of carboxylic acid groups (broad SMARTS) is 1. The van der Waals surface area contributed by atoms with E-state index in [-0.39, 0.29) is 45.9 Å². The molecule has 0 unspecified atom stereocenters. The number of ether oxygens (including phenoxy) is 1. The van der Waals surface area contributed by atoms with E-state index in [1.807, 2.05) is 24.5 Å². The van der Waals surface area contributed by atoms with Gasteiger partial charge in [-0.1, -0.05) is 9.83 Å². The Morgan fingerprint density at radius 2 is 2.06 bits per heavy atom. The molecule has 7 N–H and O–H groups in total. The second-order valence-corrected chi connectivity index (χ2v) is 13.5. The molecule has 2 atom stereocenters. The number of hydrogen-bond acceptors (Lipinski definition) is 15. The Labute approximate surface area is 288 Å². The first kappa shape index (κ1) is 33.4. The van der Waals surface area contributed by atoms with Gasteiger partial charge in [-0.3, -0.25) is 19.3 Å². The van der Waals surface area contributed by atoms with E-state index < -0.39 is 40.4 Å². The smallest absolute Gasteiger partial charge is 0.352 e. The highest BCUT2D eigenvalue weighted by Crippen LogP contribution is 2.42. The van der Waals surface area contributed by atoms with Gasteiger partial charge < -0.3 is 35.7 Å². The van der Waals surface area contributed by atoms with Crippen LogP contribution in [0.15, 0.2) is 80.0 Å². The fourth-order valence-electron chi connectivity index (χ4n) is 4.90. The third-order valence-corrected chi connectivity index (χ3v) is 10.4. The van der Waals surface area contributed by atoms with Crippen molar-refractivity contribution in [2.45, 2.75) is 22.9 Å². The molecule has 0 radical (unpaired) electrons. The summed E-state index contributed by atoms with van der Waals surface area (Å²) < 4.78 is 13.1. The molecular weight excluding hydrogens is 701 g/mol. The summed E-state index contributed by atoms with van der Waals surface area (Å²) in [6, 6.07) is 5.13. The molecule has 0 bridgehead atoms. The highest BCUT2D eigenvalue weighted by atomic mass is 32.2. The SMILES string of the molecule is CN[n+]1ccc(SCC2=C(C(=O)O)N3C(=O)[C@@H](NC(=O)/C(=C\OCc4cc(-c5cc(=O)c(O)cn5O)no4)c4csc(N)n4)[C@H]3SC2)cc1. The molecule has 254 valence electrons. The number of fused-ring (bicyclic) bond motifs is 1. The standard InChI is InChI=1S/C29H26N8O9S3/c1-31-35-4-2-16(3-5-35)47-11-14-12-48-27-23(26(41)37(27)24(14)28(42)43)33-25(40)17(19-13-49-29(30)32-19)10-45-9-15-6-18(34-46-15)20-7-21(38)22(39)8-36(20)44/h2-8,10,13,23,27,31,44H,9,11-12H2,1H3,(H4-,30,32,33,39,40,42,43)/p+1/b17-10-/t23-,27-/m1/s1. The van der Waals surface area contributed by atoms with Crippen molar-refractivity contribution >= 4 is 63.3 Å². The number of anilines is 1. The van der Waals surface area contributed by atoms with Gasteiger partial charge in [0, 0.05) is 46.0 Å². The first-order chi connectivity index (χ1) is 23.5. The maximum Gasteiger partial charge on any atom is 0.352 e. The van der Waals surface area contributed by atoms with Gasteiger partial charge in [-0.15, -0.1) is 34.9 Å². The Morgan fingerprint density at radius 1 is 1.29 bits per heavy atom. The molecule has 6 rings (SSSR count). The minimum Gasteiger partial charge on any atom is -0.503 e. The van der Waals surface area contributed by atoms with E-state index in [1.165, 1.54) is 39.9 Å². The maximum atomic E-state index is 13.5. The predicted molar refractivity (Wildman–Crippen MR) is 177 cm³/mol. The van der Waals surface area contributed by atoms with Crippen LogP contribution in [0.3, 0.4) is 0 Å². The molecule has 2 aliphatic heterocycles. The maximum absolute atomic E-state index is 13.5. The zero-order chi connectivity index (χ0) is 34.8. The number of thioether (sulfide) groups is 2. The van der Waals surface area contributed by atoms with Crippen molar-refractivity contribution in [3.05, 3.63) is 87.4 Å². The van der Waals surface area contributed by atoms with Gasteiger partial charge >= 0.3 is 5.97 Å². The van der Waals surface area contributed by atoms with Crippen LogP contribution in [-0.2, 0) is 25.7 Å². The van der Waals surface area contributed by atoms with Crippen molar-refractivity contribution in [3.63, 3.8) is 0 Å². The Balaban J connectivity index is 1.14. The molecule has 2 amide bonds. The molecule has 1 saturated heterocycles. The summed E-state index contributed by atoms with van der Waals surface area (Å²) in [4.78, 5) is 57.2. The number of nitrogen functional groups attached to an aromatic ring is 1. The Kier molecular flexibility index (Phi) is 9.51. The molecule has 49 heavy (non-hydrogen) atoms. The first-order valence-corrected chi connectivity index (χ1v) is 17.1. The van der Waals surface area contributed by atoms with Crippen LogP contribution in [0.1, 0.15) is 11.5 Å². The summed E-state index contributed by atoms with van der Waals surface area (Å²) in [6.45, 7) is -0.238. The van der Waals surface area contributed by atoms with Crippen LogP contribution >= 0.6 is 34.9 Å². The van der Waals surface area contributed by atoms with Crippen LogP contribution in [0, 0.1) is 0 Å². The minimum atomic E-state index is -1.23. The van der Waals surface area contributed by atoms with Crippen molar-refractivity contribution < 1.29 is 43.7 Å². The summed E-state index contributed by atoms with van der Waals surface area (Å²) >= 11 is 3.89. The number of carbonyl (C=O) groups is 3. The number of thiazole rings is 1. The molecule has 6 heterocycles. The number of nitrogens with two attached hydrogens (primary N) is 1. The van der Waals surface area contributed by atoms with Crippen molar-refractivity contribution in [2.24, 2.45) is 0 Å². The molecule has 1 fully saturated rings. The fraction of sp³-hybridized carbons (Fsp3) is 0.207. The third kappa shape index (κ3) is 6.91. The van der Waals surface area contributed by atoms with Crippen LogP contribution in [0.5, 0.6) is 5.75 Å². The van der Waals surface area contributed by atoms with Crippen LogP contribution in [0.25, 0.3) is 17.0 Å². The van der Waals surface area contributed by atoms with E-state index >= 15 is 0 Å². The summed E-state index contributed by atoms with van der Waals surface area (Å²) in [5, 5.41) is 37.1. The summed E-state index contributed by atoms with van der Waals surface area (Å²) in [6.07, 6.45) is 5.60. The zero-order valence-electron chi connectivity index (χ0n) is 25.3. The molecule has 0 aromatic carbocycles. The lowest BCUT2D eigenvalue weighted by atomic mass is 10.0.